The number of rotatable bonds is 4. The Bertz CT molecular complexity index is 541. The van der Waals surface area contributed by atoms with E-state index in [4.69, 9.17) is 4.42 Å². The first-order valence-electron chi connectivity index (χ1n) is 5.27. The quantitative estimate of drug-likeness (QED) is 0.909. The molecule has 0 atom stereocenters. The fraction of sp³-hybridized carbons (Fsp3) is 0.167. The lowest BCUT2D eigenvalue weighted by Gasteiger charge is -2.05. The molecule has 0 aliphatic rings. The predicted octanol–water partition coefficient (Wildman–Crippen LogP) is 2.52. The Balaban J connectivity index is 1.91. The highest BCUT2D eigenvalue weighted by atomic mass is 19.1. The van der Waals surface area contributed by atoms with Crippen molar-refractivity contribution in [2.75, 3.05) is 5.32 Å². The maximum atomic E-state index is 13.2. The van der Waals surface area contributed by atoms with E-state index in [1.165, 1.54) is 18.7 Å². The van der Waals surface area contributed by atoms with Gasteiger partial charge in [-0.15, -0.1) is 0 Å². The van der Waals surface area contributed by atoms with Crippen molar-refractivity contribution in [2.24, 2.45) is 0 Å². The van der Waals surface area contributed by atoms with E-state index < -0.39 is 11.6 Å². The fourth-order valence-electron chi connectivity index (χ4n) is 1.41. The summed E-state index contributed by atoms with van der Waals surface area (Å²) in [6.45, 7) is 0. The van der Waals surface area contributed by atoms with Gasteiger partial charge in [-0.3, -0.25) is 4.79 Å². The maximum Gasteiger partial charge on any atom is 0.224 e. The molecule has 0 unspecified atom stereocenters. The van der Waals surface area contributed by atoms with E-state index in [-0.39, 0.29) is 18.0 Å². The summed E-state index contributed by atoms with van der Waals surface area (Å²) in [5.41, 5.74) is 0.603. The Morgan fingerprint density at radius 3 is 2.89 bits per heavy atom. The van der Waals surface area contributed by atoms with E-state index in [0.29, 0.717) is 18.2 Å². The van der Waals surface area contributed by atoms with Gasteiger partial charge in [0, 0.05) is 18.9 Å². The van der Waals surface area contributed by atoms with Crippen molar-refractivity contribution in [1.29, 1.82) is 0 Å². The number of benzene rings is 1. The van der Waals surface area contributed by atoms with Crippen molar-refractivity contribution in [3.8, 4) is 0 Å². The van der Waals surface area contributed by atoms with Gasteiger partial charge in [0.2, 0.25) is 5.91 Å². The highest BCUT2D eigenvalue weighted by Gasteiger charge is 2.08. The standard InChI is InChI=1S/C12H10F2N2O2/c13-8-1-3-11(10(14)5-8)16-12(17)4-2-9-6-18-7-15-9/h1,3,5-7H,2,4H2,(H,16,17). The van der Waals surface area contributed by atoms with Gasteiger partial charge in [-0.2, -0.15) is 0 Å². The summed E-state index contributed by atoms with van der Waals surface area (Å²) in [4.78, 5) is 15.4. The third-order valence-corrected chi connectivity index (χ3v) is 2.30. The van der Waals surface area contributed by atoms with Crippen LogP contribution < -0.4 is 5.32 Å². The second-order valence-corrected chi connectivity index (χ2v) is 3.65. The largest absolute Gasteiger partial charge is 0.451 e. The molecule has 6 heteroatoms. The predicted molar refractivity (Wildman–Crippen MR) is 59.8 cm³/mol. The minimum atomic E-state index is -0.801. The number of nitrogens with zero attached hydrogens (tertiary/aromatic N) is 1. The average Bonchev–Trinajstić information content (AvgIpc) is 2.83. The highest BCUT2D eigenvalue weighted by molar-refractivity contribution is 5.90. The first-order chi connectivity index (χ1) is 8.65. The number of oxazole rings is 1. The average molecular weight is 252 g/mol. The van der Waals surface area contributed by atoms with Crippen molar-refractivity contribution in [3.63, 3.8) is 0 Å². The van der Waals surface area contributed by atoms with E-state index >= 15 is 0 Å². The molecular formula is C12H10F2N2O2. The zero-order valence-corrected chi connectivity index (χ0v) is 9.32. The molecular weight excluding hydrogens is 242 g/mol. The molecule has 0 radical (unpaired) electrons. The molecule has 2 rings (SSSR count). The second-order valence-electron chi connectivity index (χ2n) is 3.65. The number of anilines is 1. The van der Waals surface area contributed by atoms with E-state index in [1.807, 2.05) is 0 Å². The number of halogens is 2. The lowest BCUT2D eigenvalue weighted by atomic mass is 10.2. The third-order valence-electron chi connectivity index (χ3n) is 2.30. The van der Waals surface area contributed by atoms with Crippen LogP contribution in [0.3, 0.4) is 0 Å². The number of nitrogens with one attached hydrogen (secondary N) is 1. The fourth-order valence-corrected chi connectivity index (χ4v) is 1.41. The lowest BCUT2D eigenvalue weighted by Crippen LogP contribution is -2.13. The van der Waals surface area contributed by atoms with Crippen LogP contribution in [0.5, 0.6) is 0 Å². The third kappa shape index (κ3) is 3.13. The summed E-state index contributed by atoms with van der Waals surface area (Å²) in [7, 11) is 0. The number of carbonyl (C=O) groups is 1. The summed E-state index contributed by atoms with van der Waals surface area (Å²) in [6.07, 6.45) is 3.24. The molecule has 1 amide bonds. The Morgan fingerprint density at radius 1 is 1.39 bits per heavy atom. The van der Waals surface area contributed by atoms with Crippen molar-refractivity contribution in [3.05, 3.63) is 48.2 Å². The molecule has 1 aromatic heterocycles. The first-order valence-corrected chi connectivity index (χ1v) is 5.27. The van der Waals surface area contributed by atoms with Crippen LogP contribution in [-0.4, -0.2) is 10.9 Å². The number of amides is 1. The molecule has 0 bridgehead atoms. The summed E-state index contributed by atoms with van der Waals surface area (Å²) in [6, 6.07) is 2.97. The summed E-state index contributed by atoms with van der Waals surface area (Å²) in [5.74, 6) is -1.86. The topological polar surface area (TPSA) is 55.1 Å². The molecule has 0 saturated heterocycles. The summed E-state index contributed by atoms with van der Waals surface area (Å²) < 4.78 is 30.6. The van der Waals surface area contributed by atoms with E-state index in [2.05, 4.69) is 10.3 Å². The number of hydrogen-bond acceptors (Lipinski definition) is 3. The molecule has 0 fully saturated rings. The molecule has 1 N–H and O–H groups in total. The van der Waals surface area contributed by atoms with E-state index in [9.17, 15) is 13.6 Å². The van der Waals surface area contributed by atoms with Crippen molar-refractivity contribution in [2.45, 2.75) is 12.8 Å². The molecule has 18 heavy (non-hydrogen) atoms. The van der Waals surface area contributed by atoms with Crippen LogP contribution in [0.4, 0.5) is 14.5 Å². The molecule has 2 aromatic rings. The van der Waals surface area contributed by atoms with Crippen LogP contribution in [0, 0.1) is 11.6 Å². The van der Waals surface area contributed by atoms with Gasteiger partial charge in [0.25, 0.3) is 0 Å². The van der Waals surface area contributed by atoms with Crippen LogP contribution in [0.1, 0.15) is 12.1 Å². The molecule has 0 aliphatic heterocycles. The van der Waals surface area contributed by atoms with Gasteiger partial charge in [-0.05, 0) is 12.1 Å². The van der Waals surface area contributed by atoms with E-state index in [1.54, 1.807) is 0 Å². The van der Waals surface area contributed by atoms with Gasteiger partial charge in [0.05, 0.1) is 11.4 Å². The molecule has 1 heterocycles. The zero-order valence-electron chi connectivity index (χ0n) is 9.32. The molecule has 94 valence electrons. The van der Waals surface area contributed by atoms with Crippen molar-refractivity contribution in [1.82, 2.24) is 4.98 Å². The second kappa shape index (κ2) is 5.39. The Hall–Kier alpha value is -2.24. The van der Waals surface area contributed by atoms with Gasteiger partial charge in [-0.25, -0.2) is 13.8 Å². The number of aryl methyl sites for hydroxylation is 1. The van der Waals surface area contributed by atoms with Gasteiger partial charge < -0.3 is 9.73 Å². The number of hydrogen-bond donors (Lipinski definition) is 1. The molecule has 0 aliphatic carbocycles. The van der Waals surface area contributed by atoms with Crippen molar-refractivity contribution >= 4 is 11.6 Å². The minimum absolute atomic E-state index is 0.0402. The van der Waals surface area contributed by atoms with Crippen LogP contribution >= 0.6 is 0 Å². The van der Waals surface area contributed by atoms with Gasteiger partial charge in [0.1, 0.15) is 17.9 Å². The van der Waals surface area contributed by atoms with E-state index in [0.717, 1.165) is 6.07 Å². The lowest BCUT2D eigenvalue weighted by molar-refractivity contribution is -0.116. The molecule has 1 aromatic carbocycles. The normalized spacial score (nSPS) is 10.3. The number of carbonyl (C=O) groups excluding carboxylic acids is 1. The summed E-state index contributed by atoms with van der Waals surface area (Å²) >= 11 is 0. The molecule has 0 spiro atoms. The smallest absolute Gasteiger partial charge is 0.224 e. The highest BCUT2D eigenvalue weighted by Crippen LogP contribution is 2.15. The SMILES string of the molecule is O=C(CCc1cocn1)Nc1ccc(F)cc1F. The minimum Gasteiger partial charge on any atom is -0.451 e. The van der Waals surface area contributed by atoms with Crippen LogP contribution in [0.15, 0.2) is 35.3 Å². The summed E-state index contributed by atoms with van der Waals surface area (Å²) in [5, 5.41) is 2.36. The Kier molecular flexibility index (Phi) is 3.66. The van der Waals surface area contributed by atoms with Crippen molar-refractivity contribution < 1.29 is 18.0 Å². The van der Waals surface area contributed by atoms with Crippen LogP contribution in [0.25, 0.3) is 0 Å². The Labute approximate surface area is 102 Å². The maximum absolute atomic E-state index is 13.2. The van der Waals surface area contributed by atoms with Gasteiger partial charge >= 0.3 is 0 Å². The monoisotopic (exact) mass is 252 g/mol. The van der Waals surface area contributed by atoms with Crippen LogP contribution in [-0.2, 0) is 11.2 Å². The molecule has 0 saturated carbocycles. The zero-order chi connectivity index (χ0) is 13.0. The number of aromatic nitrogens is 1. The Morgan fingerprint density at radius 2 is 2.22 bits per heavy atom. The molecule has 4 nitrogen and oxygen atoms in total. The first kappa shape index (κ1) is 12.2. The van der Waals surface area contributed by atoms with Crippen LogP contribution in [0.2, 0.25) is 0 Å². The van der Waals surface area contributed by atoms with Gasteiger partial charge in [0.15, 0.2) is 6.39 Å². The van der Waals surface area contributed by atoms with Gasteiger partial charge in [-0.1, -0.05) is 0 Å².